The van der Waals surface area contributed by atoms with E-state index in [-0.39, 0.29) is 29.5 Å². The summed E-state index contributed by atoms with van der Waals surface area (Å²) in [5.41, 5.74) is 5.94. The first kappa shape index (κ1) is 28.0. The van der Waals surface area contributed by atoms with E-state index in [0.29, 0.717) is 18.6 Å². The van der Waals surface area contributed by atoms with Crippen molar-refractivity contribution >= 4 is 39.4 Å². The zero-order chi connectivity index (χ0) is 23.8. The Labute approximate surface area is 192 Å². The number of carboxylic acid groups (broad SMARTS) is 1. The molecule has 180 valence electrons. The lowest BCUT2D eigenvalue weighted by atomic mass is 9.99. The highest BCUT2D eigenvalue weighted by atomic mass is 33.1. The van der Waals surface area contributed by atoms with E-state index in [1.807, 2.05) is 13.8 Å². The lowest BCUT2D eigenvalue weighted by Gasteiger charge is -2.34. The number of rotatable bonds is 11. The Morgan fingerprint density at radius 3 is 2.42 bits per heavy atom. The minimum absolute atomic E-state index is 0.0715. The molecule has 0 aromatic heterocycles. The third-order valence-electron chi connectivity index (χ3n) is 4.45. The number of carbonyl (C=O) groups excluding carboxylic acids is 2. The number of hydrogen-bond acceptors (Lipinski definition) is 8. The molecule has 0 radical (unpaired) electrons. The van der Waals surface area contributed by atoms with Crippen LogP contribution < -0.4 is 16.4 Å². The quantitative estimate of drug-likeness (QED) is 0.275. The van der Waals surface area contributed by atoms with Crippen LogP contribution in [0.3, 0.4) is 0 Å². The van der Waals surface area contributed by atoms with Crippen molar-refractivity contribution in [1.82, 2.24) is 10.6 Å². The van der Waals surface area contributed by atoms with Crippen LogP contribution in [-0.2, 0) is 19.1 Å². The van der Waals surface area contributed by atoms with E-state index >= 15 is 0 Å². The molecule has 6 N–H and O–H groups in total. The lowest BCUT2D eigenvalue weighted by Crippen LogP contribution is -2.55. The van der Waals surface area contributed by atoms with Crippen molar-refractivity contribution in [2.75, 3.05) is 12.3 Å². The number of aliphatic hydroxyl groups excluding tert-OH is 1. The summed E-state index contributed by atoms with van der Waals surface area (Å²) in [6.07, 6.45) is -1.65. The fourth-order valence-electron chi connectivity index (χ4n) is 2.91. The average molecular weight is 480 g/mol. The fraction of sp³-hybridized carbons (Fsp3) is 0.850. The van der Waals surface area contributed by atoms with Crippen LogP contribution in [0.15, 0.2) is 0 Å². The molecule has 1 heterocycles. The molecule has 5 atom stereocenters. The maximum Gasteiger partial charge on any atom is 0.326 e. The number of hydrogen-bond donors (Lipinski definition) is 5. The van der Waals surface area contributed by atoms with Gasteiger partial charge in [-0.3, -0.25) is 9.59 Å². The Kier molecular flexibility index (Phi) is 11.6. The summed E-state index contributed by atoms with van der Waals surface area (Å²) in [7, 11) is 3.20. The molecule has 0 aliphatic carbocycles. The Morgan fingerprint density at radius 2 is 1.87 bits per heavy atom. The second-order valence-corrected chi connectivity index (χ2v) is 12.4. The van der Waals surface area contributed by atoms with E-state index < -0.39 is 42.3 Å². The second kappa shape index (κ2) is 12.9. The monoisotopic (exact) mass is 479 g/mol. The molecule has 0 saturated carbocycles. The standard InChI is InChI=1S/C20H37N3O6S2/c1-11(2)8-14(19(27)28)23-18(26)16-15(24)7-6-12(29-16)9-22-17(25)13(21)10-30-31-20(3,4)5/h11-16,24H,6-10,21H2,1-5H3,(H,22,25)(H,23,26)(H,27,28)/t12-,13-,14+,15-,16-/m0/s1. The van der Waals surface area contributed by atoms with Gasteiger partial charge < -0.3 is 31.3 Å². The Morgan fingerprint density at radius 1 is 1.23 bits per heavy atom. The number of ether oxygens (including phenoxy) is 1. The third kappa shape index (κ3) is 10.9. The lowest BCUT2D eigenvalue weighted by molar-refractivity contribution is -0.160. The maximum atomic E-state index is 12.5. The SMILES string of the molecule is CC(C)C[C@@H](NC(=O)[C@H]1O[C@H](CNC(=O)[C@@H](N)CSSC(C)(C)C)CC[C@@H]1O)C(=O)O. The predicted molar refractivity (Wildman–Crippen MR) is 124 cm³/mol. The molecule has 1 aliphatic heterocycles. The molecule has 2 amide bonds. The normalized spacial score (nSPS) is 23.8. The molecular formula is C20H37N3O6S2. The molecule has 0 spiro atoms. The summed E-state index contributed by atoms with van der Waals surface area (Å²) >= 11 is 0. The summed E-state index contributed by atoms with van der Waals surface area (Å²) in [6.45, 7) is 10.1. The first-order chi connectivity index (χ1) is 14.3. The molecule has 11 heteroatoms. The Balaban J connectivity index is 2.53. The Bertz CT molecular complexity index is 614. The molecule has 0 bridgehead atoms. The van der Waals surface area contributed by atoms with Crippen molar-refractivity contribution in [2.45, 2.75) is 89.0 Å². The molecule has 0 aromatic carbocycles. The molecular weight excluding hydrogens is 442 g/mol. The number of aliphatic carboxylic acids is 1. The van der Waals surface area contributed by atoms with Gasteiger partial charge in [0.2, 0.25) is 5.91 Å². The van der Waals surface area contributed by atoms with Crippen LogP contribution in [0.4, 0.5) is 0 Å². The second-order valence-electron chi connectivity index (χ2n) is 9.18. The van der Waals surface area contributed by atoms with Crippen LogP contribution in [-0.4, -0.2) is 75.4 Å². The number of carboxylic acids is 1. The molecule has 31 heavy (non-hydrogen) atoms. The highest BCUT2D eigenvalue weighted by Gasteiger charge is 2.37. The van der Waals surface area contributed by atoms with Crippen molar-refractivity contribution in [3.8, 4) is 0 Å². The van der Waals surface area contributed by atoms with E-state index in [2.05, 4.69) is 31.4 Å². The molecule has 1 saturated heterocycles. The summed E-state index contributed by atoms with van der Waals surface area (Å²) < 4.78 is 5.75. The molecule has 0 aromatic rings. The van der Waals surface area contributed by atoms with Crippen LogP contribution >= 0.6 is 21.6 Å². The van der Waals surface area contributed by atoms with Crippen molar-refractivity contribution in [3.05, 3.63) is 0 Å². The van der Waals surface area contributed by atoms with Gasteiger partial charge in [-0.1, -0.05) is 56.2 Å². The van der Waals surface area contributed by atoms with Gasteiger partial charge in [0.05, 0.1) is 18.2 Å². The van der Waals surface area contributed by atoms with Gasteiger partial charge in [0.1, 0.15) is 6.04 Å². The van der Waals surface area contributed by atoms with Gasteiger partial charge in [0.15, 0.2) is 6.10 Å². The first-order valence-corrected chi connectivity index (χ1v) is 12.8. The first-order valence-electron chi connectivity index (χ1n) is 10.5. The van der Waals surface area contributed by atoms with Gasteiger partial charge in [0.25, 0.3) is 5.91 Å². The summed E-state index contributed by atoms with van der Waals surface area (Å²) in [6, 6.07) is -1.72. The number of aliphatic hydroxyl groups is 1. The summed E-state index contributed by atoms with van der Waals surface area (Å²) in [5, 5.41) is 24.7. The van der Waals surface area contributed by atoms with Gasteiger partial charge in [-0.25, -0.2) is 4.79 Å². The fourth-order valence-corrected chi connectivity index (χ4v) is 5.34. The van der Waals surface area contributed by atoms with Crippen LogP contribution in [0.1, 0.15) is 53.9 Å². The van der Waals surface area contributed by atoms with Gasteiger partial charge in [0, 0.05) is 17.0 Å². The topological polar surface area (TPSA) is 151 Å². The molecule has 1 fully saturated rings. The summed E-state index contributed by atoms with van der Waals surface area (Å²) in [5.74, 6) is -1.56. The molecule has 0 unspecified atom stereocenters. The zero-order valence-electron chi connectivity index (χ0n) is 18.9. The number of amides is 2. The minimum Gasteiger partial charge on any atom is -0.480 e. The average Bonchev–Trinajstić information content (AvgIpc) is 2.64. The van der Waals surface area contributed by atoms with Crippen molar-refractivity contribution in [2.24, 2.45) is 11.7 Å². The number of carbonyl (C=O) groups is 3. The van der Waals surface area contributed by atoms with Gasteiger partial charge in [-0.15, -0.1) is 0 Å². The smallest absolute Gasteiger partial charge is 0.326 e. The van der Waals surface area contributed by atoms with Gasteiger partial charge in [-0.05, 0) is 25.2 Å². The maximum absolute atomic E-state index is 12.5. The van der Waals surface area contributed by atoms with Crippen LogP contribution in [0.25, 0.3) is 0 Å². The molecule has 1 rings (SSSR count). The van der Waals surface area contributed by atoms with E-state index in [9.17, 15) is 24.6 Å². The van der Waals surface area contributed by atoms with Crippen LogP contribution in [0.2, 0.25) is 0 Å². The van der Waals surface area contributed by atoms with Crippen molar-refractivity contribution in [3.63, 3.8) is 0 Å². The largest absolute Gasteiger partial charge is 0.480 e. The van der Waals surface area contributed by atoms with E-state index in [1.54, 1.807) is 21.6 Å². The summed E-state index contributed by atoms with van der Waals surface area (Å²) in [4.78, 5) is 36.1. The third-order valence-corrected chi connectivity index (χ3v) is 7.83. The molecule has 1 aliphatic rings. The van der Waals surface area contributed by atoms with Crippen LogP contribution in [0, 0.1) is 5.92 Å². The predicted octanol–water partition coefficient (Wildman–Crippen LogP) is 1.13. The van der Waals surface area contributed by atoms with E-state index in [1.165, 1.54) is 0 Å². The van der Waals surface area contributed by atoms with Gasteiger partial charge >= 0.3 is 5.97 Å². The van der Waals surface area contributed by atoms with Crippen LogP contribution in [0.5, 0.6) is 0 Å². The number of nitrogens with two attached hydrogens (primary N) is 1. The van der Waals surface area contributed by atoms with Crippen molar-refractivity contribution < 1.29 is 29.3 Å². The van der Waals surface area contributed by atoms with Gasteiger partial charge in [-0.2, -0.15) is 0 Å². The minimum atomic E-state index is -1.18. The zero-order valence-corrected chi connectivity index (χ0v) is 20.6. The van der Waals surface area contributed by atoms with E-state index in [0.717, 1.165) is 0 Å². The Hall–Kier alpha value is -1.01. The highest BCUT2D eigenvalue weighted by molar-refractivity contribution is 8.77. The van der Waals surface area contributed by atoms with E-state index in [4.69, 9.17) is 10.5 Å². The highest BCUT2D eigenvalue weighted by Crippen LogP contribution is 2.35. The molecule has 9 nitrogen and oxygen atoms in total. The van der Waals surface area contributed by atoms with Crippen molar-refractivity contribution in [1.29, 1.82) is 0 Å². The number of nitrogens with one attached hydrogen (secondary N) is 2.